The van der Waals surface area contributed by atoms with Gasteiger partial charge < -0.3 is 5.32 Å². The van der Waals surface area contributed by atoms with Gasteiger partial charge >= 0.3 is 0 Å². The molecule has 0 bridgehead atoms. The second kappa shape index (κ2) is 8.19. The van der Waals surface area contributed by atoms with Crippen LogP contribution in [-0.2, 0) is 24.2 Å². The molecule has 0 saturated heterocycles. The number of aromatic nitrogens is 3. The predicted molar refractivity (Wildman–Crippen MR) is 126 cm³/mol. The highest BCUT2D eigenvalue weighted by molar-refractivity contribution is 7.18. The summed E-state index contributed by atoms with van der Waals surface area (Å²) in [6.07, 6.45) is 2.93. The Morgan fingerprint density at radius 1 is 1.29 bits per heavy atom. The van der Waals surface area contributed by atoms with Crippen LogP contribution in [0.25, 0.3) is 10.2 Å². The number of hydrogen-bond acceptors (Lipinski definition) is 5. The lowest BCUT2D eigenvalue weighted by Gasteiger charge is -2.33. The summed E-state index contributed by atoms with van der Waals surface area (Å²) in [6.45, 7) is 10.8. The third-order valence-electron chi connectivity index (χ3n) is 6.31. The summed E-state index contributed by atoms with van der Waals surface area (Å²) >= 11 is 1.58. The van der Waals surface area contributed by atoms with Crippen LogP contribution < -0.4 is 10.9 Å². The largest absolute Gasteiger partial charge is 0.324 e. The highest BCUT2D eigenvalue weighted by Gasteiger charge is 2.32. The van der Waals surface area contributed by atoms with E-state index < -0.39 is 0 Å². The molecule has 0 fully saturated rings. The van der Waals surface area contributed by atoms with Gasteiger partial charge in [0.05, 0.1) is 5.39 Å². The Morgan fingerprint density at radius 2 is 2.03 bits per heavy atom. The van der Waals surface area contributed by atoms with Gasteiger partial charge in [-0.05, 0) is 53.7 Å². The van der Waals surface area contributed by atoms with Crippen molar-refractivity contribution in [2.24, 2.45) is 11.3 Å². The number of nitrogens with zero attached hydrogens (tertiary/aromatic N) is 3. The molecular weight excluding hydrogens is 408 g/mol. The van der Waals surface area contributed by atoms with Gasteiger partial charge in [0.25, 0.3) is 5.56 Å². The zero-order valence-electron chi connectivity index (χ0n) is 18.9. The number of amides is 1. The van der Waals surface area contributed by atoms with Crippen LogP contribution in [0.5, 0.6) is 0 Å². The van der Waals surface area contributed by atoms with Crippen molar-refractivity contribution in [3.8, 4) is 0 Å². The zero-order chi connectivity index (χ0) is 22.3. The van der Waals surface area contributed by atoms with Crippen molar-refractivity contribution in [1.29, 1.82) is 0 Å². The van der Waals surface area contributed by atoms with Crippen molar-refractivity contribution in [2.45, 2.75) is 66.3 Å². The Kier molecular flexibility index (Phi) is 5.73. The fourth-order valence-corrected chi connectivity index (χ4v) is 5.64. The van der Waals surface area contributed by atoms with Crippen LogP contribution in [-0.4, -0.2) is 20.9 Å². The molecule has 31 heavy (non-hydrogen) atoms. The molecule has 6 nitrogen and oxygen atoms in total. The number of benzene rings is 1. The van der Waals surface area contributed by atoms with Crippen LogP contribution in [0.15, 0.2) is 29.1 Å². The van der Waals surface area contributed by atoms with Gasteiger partial charge in [0.15, 0.2) is 4.83 Å². The molecule has 1 aromatic carbocycles. The van der Waals surface area contributed by atoms with E-state index in [1.165, 1.54) is 9.56 Å². The molecule has 7 heteroatoms. The van der Waals surface area contributed by atoms with Gasteiger partial charge in [-0.3, -0.25) is 9.59 Å². The van der Waals surface area contributed by atoms with E-state index in [1.807, 2.05) is 24.3 Å². The van der Waals surface area contributed by atoms with E-state index >= 15 is 0 Å². The van der Waals surface area contributed by atoms with Crippen molar-refractivity contribution in [3.05, 3.63) is 50.6 Å². The van der Waals surface area contributed by atoms with Gasteiger partial charge in [-0.2, -0.15) is 0 Å². The van der Waals surface area contributed by atoms with Gasteiger partial charge in [-0.25, -0.2) is 4.68 Å². The number of carbonyl (C=O) groups is 1. The van der Waals surface area contributed by atoms with E-state index in [9.17, 15) is 9.59 Å². The molecule has 0 saturated carbocycles. The van der Waals surface area contributed by atoms with E-state index in [1.54, 1.807) is 11.3 Å². The Labute approximate surface area is 186 Å². The molecule has 1 amide bonds. The van der Waals surface area contributed by atoms with Crippen LogP contribution >= 0.6 is 11.3 Å². The average molecular weight is 439 g/mol. The molecule has 1 aliphatic rings. The van der Waals surface area contributed by atoms with Crippen molar-refractivity contribution in [1.82, 2.24) is 15.0 Å². The predicted octanol–water partition coefficient (Wildman–Crippen LogP) is 4.77. The Bertz CT molecular complexity index is 1190. The third-order valence-corrected chi connectivity index (χ3v) is 7.45. The highest BCUT2D eigenvalue weighted by atomic mass is 32.1. The Hall–Kier alpha value is -2.54. The summed E-state index contributed by atoms with van der Waals surface area (Å²) < 4.78 is 1.19. The summed E-state index contributed by atoms with van der Waals surface area (Å²) in [6, 6.07) is 7.73. The van der Waals surface area contributed by atoms with Crippen molar-refractivity contribution >= 4 is 33.1 Å². The summed E-state index contributed by atoms with van der Waals surface area (Å²) in [5.41, 5.74) is 2.96. The van der Waals surface area contributed by atoms with Crippen molar-refractivity contribution in [3.63, 3.8) is 0 Å². The first-order valence-electron chi connectivity index (χ1n) is 10.9. The minimum absolute atomic E-state index is 0.149. The maximum atomic E-state index is 13.2. The quantitative estimate of drug-likeness (QED) is 0.637. The summed E-state index contributed by atoms with van der Waals surface area (Å²) in [5, 5.41) is 11.9. The van der Waals surface area contributed by atoms with Gasteiger partial charge in [-0.15, -0.1) is 16.4 Å². The zero-order valence-corrected chi connectivity index (χ0v) is 19.7. The van der Waals surface area contributed by atoms with Crippen LogP contribution in [0.4, 0.5) is 5.69 Å². The smallest absolute Gasteiger partial charge is 0.279 e. The van der Waals surface area contributed by atoms with E-state index in [0.717, 1.165) is 36.1 Å². The molecule has 0 radical (unpaired) electrons. The molecule has 2 heterocycles. The number of para-hydroxylation sites is 1. The number of thiophene rings is 1. The Morgan fingerprint density at radius 3 is 2.74 bits per heavy atom. The number of fused-ring (bicyclic) bond motifs is 3. The van der Waals surface area contributed by atoms with Crippen molar-refractivity contribution < 1.29 is 4.79 Å². The van der Waals surface area contributed by atoms with Crippen LogP contribution in [0.2, 0.25) is 0 Å². The SMILES string of the molecule is CC(C)c1ccccc1NC(=O)Cn1nnc2sc3c(c2c1=O)CC[C@H](C(C)(C)C)C3. The molecule has 164 valence electrons. The van der Waals surface area contributed by atoms with Crippen LogP contribution in [0, 0.1) is 11.3 Å². The first-order valence-corrected chi connectivity index (χ1v) is 11.7. The van der Waals surface area contributed by atoms with Crippen LogP contribution in [0.3, 0.4) is 0 Å². The average Bonchev–Trinajstić information content (AvgIpc) is 3.08. The first kappa shape index (κ1) is 21.7. The first-order chi connectivity index (χ1) is 14.6. The minimum atomic E-state index is -0.277. The molecule has 1 N–H and O–H groups in total. The standard InChI is InChI=1S/C24H30N4O2S/c1-14(2)16-8-6-7-9-18(16)25-20(29)13-28-23(30)21-17-11-10-15(24(3,4)5)12-19(17)31-22(21)26-27-28/h6-9,14-15H,10-13H2,1-5H3,(H,25,29)/t15-/m0/s1. The fraction of sp³-hybridized carbons (Fsp3) is 0.500. The number of anilines is 1. The number of carbonyl (C=O) groups excluding carboxylic acids is 1. The van der Waals surface area contributed by atoms with Gasteiger partial charge in [-0.1, -0.05) is 58.0 Å². The molecule has 3 aromatic rings. The van der Waals surface area contributed by atoms with E-state index in [-0.39, 0.29) is 29.3 Å². The van der Waals surface area contributed by atoms with Crippen LogP contribution in [0.1, 0.15) is 63.0 Å². The lowest BCUT2D eigenvalue weighted by Crippen LogP contribution is -2.31. The van der Waals surface area contributed by atoms with E-state index in [0.29, 0.717) is 16.1 Å². The fourth-order valence-electron chi connectivity index (χ4n) is 4.41. The Balaban J connectivity index is 1.60. The molecule has 2 aromatic heterocycles. The number of aryl methyl sites for hydroxylation is 1. The number of hydrogen-bond donors (Lipinski definition) is 1. The van der Waals surface area contributed by atoms with E-state index in [2.05, 4.69) is 50.2 Å². The lowest BCUT2D eigenvalue weighted by molar-refractivity contribution is -0.117. The maximum Gasteiger partial charge on any atom is 0.279 e. The summed E-state index contributed by atoms with van der Waals surface area (Å²) in [4.78, 5) is 27.8. The van der Waals surface area contributed by atoms with Crippen molar-refractivity contribution in [2.75, 3.05) is 5.32 Å². The molecule has 1 aliphatic carbocycles. The second-order valence-electron chi connectivity index (χ2n) is 9.83. The topological polar surface area (TPSA) is 76.9 Å². The van der Waals surface area contributed by atoms with E-state index in [4.69, 9.17) is 0 Å². The normalized spacial score (nSPS) is 16.5. The molecule has 4 rings (SSSR count). The number of nitrogens with one attached hydrogen (secondary N) is 1. The van der Waals surface area contributed by atoms with Gasteiger partial charge in [0.2, 0.25) is 5.91 Å². The minimum Gasteiger partial charge on any atom is -0.324 e. The summed E-state index contributed by atoms with van der Waals surface area (Å²) in [5.74, 6) is 0.598. The monoisotopic (exact) mass is 438 g/mol. The molecular formula is C24H30N4O2S. The molecule has 0 unspecified atom stereocenters. The molecule has 0 aliphatic heterocycles. The van der Waals surface area contributed by atoms with Gasteiger partial charge in [0, 0.05) is 10.6 Å². The number of rotatable bonds is 4. The maximum absolute atomic E-state index is 13.2. The van der Waals surface area contributed by atoms with Gasteiger partial charge in [0.1, 0.15) is 6.54 Å². The molecule has 0 spiro atoms. The highest BCUT2D eigenvalue weighted by Crippen LogP contribution is 2.41. The lowest BCUT2D eigenvalue weighted by atomic mass is 9.72. The summed E-state index contributed by atoms with van der Waals surface area (Å²) in [7, 11) is 0. The third kappa shape index (κ3) is 4.28. The second-order valence-corrected chi connectivity index (χ2v) is 10.9. The molecule has 1 atom stereocenters.